The van der Waals surface area contributed by atoms with Gasteiger partial charge >= 0.3 is 0 Å². The van der Waals surface area contributed by atoms with Gasteiger partial charge in [0.2, 0.25) is 0 Å². The molecule has 154 valence electrons. The zero-order valence-corrected chi connectivity index (χ0v) is 18.1. The van der Waals surface area contributed by atoms with E-state index < -0.39 is 0 Å². The number of fused-ring (bicyclic) bond motifs is 6. The Morgan fingerprint density at radius 1 is 0.750 bits per heavy atom. The number of allylic oxidation sites excluding steroid dienone is 3. The van der Waals surface area contributed by atoms with Crippen molar-refractivity contribution < 1.29 is 0 Å². The average Bonchev–Trinajstić information content (AvgIpc) is 3.37. The molecule has 1 N–H and O–H groups in total. The molecule has 6 rings (SSSR count). The molecular formula is C30H24N2. The molecule has 32 heavy (non-hydrogen) atoms. The van der Waals surface area contributed by atoms with E-state index in [0.29, 0.717) is 0 Å². The Hall–Kier alpha value is -4.04. The first-order valence-electron chi connectivity index (χ1n) is 11.2. The highest BCUT2D eigenvalue weighted by Crippen LogP contribution is 2.36. The van der Waals surface area contributed by atoms with Gasteiger partial charge in [-0.1, -0.05) is 68.1 Å². The van der Waals surface area contributed by atoms with Gasteiger partial charge in [-0.15, -0.1) is 0 Å². The van der Waals surface area contributed by atoms with Gasteiger partial charge in [0, 0.05) is 38.3 Å². The zero-order chi connectivity index (χ0) is 21.7. The van der Waals surface area contributed by atoms with Crippen LogP contribution in [0.5, 0.6) is 0 Å². The molecule has 0 spiro atoms. The van der Waals surface area contributed by atoms with Crippen LogP contribution in [0.3, 0.4) is 0 Å². The fraction of sp³-hybridized carbons (Fsp3) is 0.0667. The number of nitrogens with one attached hydrogen (secondary N) is 1. The molecule has 0 bridgehead atoms. The van der Waals surface area contributed by atoms with Crippen molar-refractivity contribution in [1.82, 2.24) is 9.55 Å². The summed E-state index contributed by atoms with van der Waals surface area (Å²) in [5.41, 5.74) is 8.37. The van der Waals surface area contributed by atoms with Crippen LogP contribution in [0, 0.1) is 0 Å². The Balaban J connectivity index is 1.60. The SMILES string of the molecule is C=CC(=CCC)n1c2ccccc2c2cc(-c3ccc4[nH]c5ccccc5c4c3)ccc21. The highest BCUT2D eigenvalue weighted by Gasteiger charge is 2.13. The van der Waals surface area contributed by atoms with E-state index in [1.807, 2.05) is 6.08 Å². The molecular weight excluding hydrogens is 388 g/mol. The van der Waals surface area contributed by atoms with Crippen LogP contribution in [0.25, 0.3) is 60.4 Å². The molecule has 6 aromatic rings. The van der Waals surface area contributed by atoms with Crippen LogP contribution < -0.4 is 0 Å². The molecule has 4 aromatic carbocycles. The summed E-state index contributed by atoms with van der Waals surface area (Å²) in [6.07, 6.45) is 5.16. The van der Waals surface area contributed by atoms with Crippen LogP contribution in [-0.2, 0) is 0 Å². The first-order chi connectivity index (χ1) is 15.8. The molecule has 2 heterocycles. The molecule has 0 fully saturated rings. The second-order valence-corrected chi connectivity index (χ2v) is 8.26. The van der Waals surface area contributed by atoms with E-state index >= 15 is 0 Å². The van der Waals surface area contributed by atoms with Gasteiger partial charge in [0.25, 0.3) is 0 Å². The highest BCUT2D eigenvalue weighted by molar-refractivity contribution is 6.12. The largest absolute Gasteiger partial charge is 0.355 e. The Bertz CT molecular complexity index is 1670. The number of aromatic amines is 1. The van der Waals surface area contributed by atoms with Crippen molar-refractivity contribution in [2.45, 2.75) is 13.3 Å². The molecule has 0 aliphatic carbocycles. The van der Waals surface area contributed by atoms with E-state index in [2.05, 4.69) is 114 Å². The molecule has 0 amide bonds. The number of rotatable bonds is 4. The van der Waals surface area contributed by atoms with E-state index in [0.717, 1.165) is 12.1 Å². The lowest BCUT2D eigenvalue weighted by Gasteiger charge is -2.09. The lowest BCUT2D eigenvalue weighted by atomic mass is 10.0. The molecule has 2 nitrogen and oxygen atoms in total. The molecule has 0 aliphatic heterocycles. The van der Waals surface area contributed by atoms with Gasteiger partial charge < -0.3 is 9.55 Å². The van der Waals surface area contributed by atoms with Crippen molar-refractivity contribution in [1.29, 1.82) is 0 Å². The average molecular weight is 413 g/mol. The summed E-state index contributed by atoms with van der Waals surface area (Å²) in [5, 5.41) is 5.06. The van der Waals surface area contributed by atoms with Crippen LogP contribution in [0.2, 0.25) is 0 Å². The first kappa shape index (κ1) is 18.7. The van der Waals surface area contributed by atoms with Crippen LogP contribution in [-0.4, -0.2) is 9.55 Å². The van der Waals surface area contributed by atoms with Crippen molar-refractivity contribution in [3.8, 4) is 11.1 Å². The number of para-hydroxylation sites is 2. The van der Waals surface area contributed by atoms with E-state index in [4.69, 9.17) is 0 Å². The fourth-order valence-electron chi connectivity index (χ4n) is 4.93. The summed E-state index contributed by atoms with van der Waals surface area (Å²) in [4.78, 5) is 3.53. The summed E-state index contributed by atoms with van der Waals surface area (Å²) in [6.45, 7) is 6.23. The third-order valence-corrected chi connectivity index (χ3v) is 6.39. The normalized spacial score (nSPS) is 12.3. The molecule has 2 aromatic heterocycles. The van der Waals surface area contributed by atoms with Gasteiger partial charge in [0.05, 0.1) is 11.0 Å². The minimum absolute atomic E-state index is 0.970. The topological polar surface area (TPSA) is 20.7 Å². The Kier molecular flexibility index (Phi) is 4.26. The maximum absolute atomic E-state index is 4.07. The van der Waals surface area contributed by atoms with Crippen molar-refractivity contribution in [2.24, 2.45) is 0 Å². The maximum atomic E-state index is 4.07. The highest BCUT2D eigenvalue weighted by atomic mass is 15.0. The number of H-pyrrole nitrogens is 1. The van der Waals surface area contributed by atoms with Crippen LogP contribution >= 0.6 is 0 Å². The standard InChI is InChI=1S/C30H24N2/c1-3-9-22(4-2)32-29-13-8-6-11-24(29)26-19-21(15-17-30(26)32)20-14-16-28-25(18-20)23-10-5-7-12-27(23)31-28/h4-19,31H,2-3H2,1H3. The van der Waals surface area contributed by atoms with Gasteiger partial charge in [0.1, 0.15) is 0 Å². The van der Waals surface area contributed by atoms with Gasteiger partial charge in [-0.25, -0.2) is 0 Å². The molecule has 0 saturated heterocycles. The lowest BCUT2D eigenvalue weighted by molar-refractivity contribution is 1.17. The predicted molar refractivity (Wildman–Crippen MR) is 139 cm³/mol. The molecule has 2 heteroatoms. The number of aromatic nitrogens is 2. The number of benzene rings is 4. The molecule has 0 saturated carbocycles. The molecule has 0 radical (unpaired) electrons. The van der Waals surface area contributed by atoms with Crippen molar-refractivity contribution in [2.75, 3.05) is 0 Å². The maximum Gasteiger partial charge on any atom is 0.0541 e. The number of hydrogen-bond donors (Lipinski definition) is 1. The van der Waals surface area contributed by atoms with Gasteiger partial charge in [-0.05, 0) is 60.0 Å². The predicted octanol–water partition coefficient (Wildman–Crippen LogP) is 8.53. The Morgan fingerprint density at radius 2 is 1.41 bits per heavy atom. The van der Waals surface area contributed by atoms with Crippen LogP contribution in [0.4, 0.5) is 0 Å². The number of hydrogen-bond acceptors (Lipinski definition) is 0. The zero-order valence-electron chi connectivity index (χ0n) is 18.1. The van der Waals surface area contributed by atoms with Crippen molar-refractivity contribution >= 4 is 49.3 Å². The summed E-state index contributed by atoms with van der Waals surface area (Å²) >= 11 is 0. The van der Waals surface area contributed by atoms with E-state index in [1.165, 1.54) is 54.7 Å². The molecule has 0 aliphatic rings. The van der Waals surface area contributed by atoms with Gasteiger partial charge in [-0.2, -0.15) is 0 Å². The molecule has 0 unspecified atom stereocenters. The number of nitrogens with zero attached hydrogens (tertiary/aromatic N) is 1. The first-order valence-corrected chi connectivity index (χ1v) is 11.2. The van der Waals surface area contributed by atoms with Gasteiger partial charge in [-0.3, -0.25) is 0 Å². The van der Waals surface area contributed by atoms with Crippen molar-refractivity contribution in [3.63, 3.8) is 0 Å². The van der Waals surface area contributed by atoms with Crippen LogP contribution in [0.15, 0.2) is 104 Å². The van der Waals surface area contributed by atoms with Crippen LogP contribution in [0.1, 0.15) is 13.3 Å². The second kappa shape index (κ2) is 7.28. The summed E-state index contributed by atoms with van der Waals surface area (Å²) < 4.78 is 2.33. The smallest absolute Gasteiger partial charge is 0.0541 e. The van der Waals surface area contributed by atoms with E-state index in [9.17, 15) is 0 Å². The third kappa shape index (κ3) is 2.73. The minimum atomic E-state index is 0.970. The Labute approximate surface area is 187 Å². The monoisotopic (exact) mass is 412 g/mol. The summed E-state index contributed by atoms with van der Waals surface area (Å²) in [6, 6.07) is 30.7. The van der Waals surface area contributed by atoms with E-state index in [-0.39, 0.29) is 0 Å². The summed E-state index contributed by atoms with van der Waals surface area (Å²) in [7, 11) is 0. The molecule has 0 atom stereocenters. The fourth-order valence-corrected chi connectivity index (χ4v) is 4.93. The quantitative estimate of drug-likeness (QED) is 0.280. The minimum Gasteiger partial charge on any atom is -0.355 e. The summed E-state index contributed by atoms with van der Waals surface area (Å²) in [5.74, 6) is 0. The second-order valence-electron chi connectivity index (χ2n) is 8.26. The third-order valence-electron chi connectivity index (χ3n) is 6.39. The van der Waals surface area contributed by atoms with E-state index in [1.54, 1.807) is 0 Å². The Morgan fingerprint density at radius 3 is 2.22 bits per heavy atom. The van der Waals surface area contributed by atoms with Crippen molar-refractivity contribution in [3.05, 3.63) is 104 Å². The van der Waals surface area contributed by atoms with Gasteiger partial charge in [0.15, 0.2) is 0 Å². The lowest BCUT2D eigenvalue weighted by Crippen LogP contribution is -1.94.